The molecule has 0 saturated carbocycles. The minimum Gasteiger partial charge on any atom is -0.383 e. The first-order valence-electron chi connectivity index (χ1n) is 11.6. The van der Waals surface area contributed by atoms with Crippen molar-refractivity contribution in [3.05, 3.63) is 80.4 Å². The summed E-state index contributed by atoms with van der Waals surface area (Å²) < 4.78 is 2.96. The molecule has 0 aliphatic heterocycles. The highest BCUT2D eigenvalue weighted by atomic mass is 32.1. The number of thiophene rings is 1. The fourth-order valence-electron chi connectivity index (χ4n) is 3.90. The van der Waals surface area contributed by atoms with Crippen LogP contribution in [-0.4, -0.2) is 31.8 Å². The van der Waals surface area contributed by atoms with Crippen molar-refractivity contribution in [2.75, 3.05) is 17.2 Å². The SMILES string of the molecule is CCCCN(C(=O)c1cn(-c2ccccc2)nc1-c1cccs1)c1c(N)n(CCC)c(=O)[nH]c1=O. The summed E-state index contributed by atoms with van der Waals surface area (Å²) in [5.41, 5.74) is 6.71. The van der Waals surface area contributed by atoms with Gasteiger partial charge < -0.3 is 10.6 Å². The van der Waals surface area contributed by atoms with Crippen LogP contribution in [-0.2, 0) is 6.54 Å². The Hall–Kier alpha value is -3.92. The van der Waals surface area contributed by atoms with Crippen LogP contribution in [0.3, 0.4) is 0 Å². The van der Waals surface area contributed by atoms with Gasteiger partial charge in [0.15, 0.2) is 5.69 Å². The number of carbonyl (C=O) groups excluding carboxylic acids is 1. The van der Waals surface area contributed by atoms with Crippen molar-refractivity contribution in [1.29, 1.82) is 0 Å². The van der Waals surface area contributed by atoms with Gasteiger partial charge in [-0.15, -0.1) is 11.3 Å². The van der Waals surface area contributed by atoms with E-state index in [0.717, 1.165) is 17.0 Å². The van der Waals surface area contributed by atoms with E-state index in [1.807, 2.05) is 61.7 Å². The molecule has 0 aliphatic rings. The lowest BCUT2D eigenvalue weighted by Gasteiger charge is -2.24. The summed E-state index contributed by atoms with van der Waals surface area (Å²) in [7, 11) is 0. The van der Waals surface area contributed by atoms with Crippen LogP contribution in [0.5, 0.6) is 0 Å². The molecule has 3 aromatic heterocycles. The van der Waals surface area contributed by atoms with Crippen molar-refractivity contribution in [3.8, 4) is 16.3 Å². The Labute approximate surface area is 206 Å². The first-order chi connectivity index (χ1) is 17.0. The number of hydrogen-bond donors (Lipinski definition) is 2. The lowest BCUT2D eigenvalue weighted by molar-refractivity contribution is 0.0987. The number of rotatable bonds is 9. The first-order valence-corrected chi connectivity index (χ1v) is 12.5. The molecule has 9 nitrogen and oxygen atoms in total. The van der Waals surface area contributed by atoms with E-state index in [-0.39, 0.29) is 18.1 Å². The Balaban J connectivity index is 1.88. The van der Waals surface area contributed by atoms with Gasteiger partial charge >= 0.3 is 5.69 Å². The molecule has 0 fully saturated rings. The number of nitrogens with two attached hydrogens (primary N) is 1. The summed E-state index contributed by atoms with van der Waals surface area (Å²) in [6.45, 7) is 4.50. The van der Waals surface area contributed by atoms with Gasteiger partial charge in [0.1, 0.15) is 11.5 Å². The molecular weight excluding hydrogens is 464 g/mol. The summed E-state index contributed by atoms with van der Waals surface area (Å²) in [5, 5.41) is 6.63. The third kappa shape index (κ3) is 4.83. The zero-order valence-electron chi connectivity index (χ0n) is 19.7. The van der Waals surface area contributed by atoms with Crippen molar-refractivity contribution < 1.29 is 4.79 Å². The number of para-hydroxylation sites is 1. The molecule has 1 aromatic carbocycles. The van der Waals surface area contributed by atoms with Crippen LogP contribution in [0.2, 0.25) is 0 Å². The third-order valence-electron chi connectivity index (χ3n) is 5.63. The van der Waals surface area contributed by atoms with E-state index in [4.69, 9.17) is 10.8 Å². The molecule has 35 heavy (non-hydrogen) atoms. The summed E-state index contributed by atoms with van der Waals surface area (Å²) in [4.78, 5) is 43.9. The maximum Gasteiger partial charge on any atom is 0.330 e. The Bertz CT molecular complexity index is 1420. The standard InChI is InChI=1S/C25H28N6O3S/c1-3-5-14-29(21-22(26)30(13-4-2)25(34)27-23(21)32)24(33)18-16-31(17-10-7-6-8-11-17)28-20(18)19-12-9-15-35-19/h6-12,15-16H,3-5,13-14,26H2,1-2H3,(H,27,32,34). The van der Waals surface area contributed by atoms with Crippen molar-refractivity contribution in [3.63, 3.8) is 0 Å². The number of nitrogens with one attached hydrogen (secondary N) is 1. The Kier molecular flexibility index (Phi) is 7.31. The second kappa shape index (κ2) is 10.6. The van der Waals surface area contributed by atoms with Gasteiger partial charge in [-0.2, -0.15) is 5.10 Å². The maximum atomic E-state index is 14.1. The first kappa shape index (κ1) is 24.2. The fourth-order valence-corrected chi connectivity index (χ4v) is 4.62. The molecule has 0 unspecified atom stereocenters. The van der Waals surface area contributed by atoms with E-state index in [1.54, 1.807) is 10.9 Å². The van der Waals surface area contributed by atoms with Crippen LogP contribution in [0.4, 0.5) is 11.5 Å². The number of anilines is 2. The Morgan fingerprint density at radius 2 is 1.89 bits per heavy atom. The number of amides is 1. The molecule has 3 heterocycles. The number of nitrogen functional groups attached to an aromatic ring is 1. The van der Waals surface area contributed by atoms with E-state index in [0.29, 0.717) is 30.6 Å². The number of hydrogen-bond acceptors (Lipinski definition) is 6. The summed E-state index contributed by atoms with van der Waals surface area (Å²) in [6.07, 6.45) is 3.78. The molecule has 10 heteroatoms. The molecule has 1 amide bonds. The number of benzene rings is 1. The van der Waals surface area contributed by atoms with Gasteiger partial charge in [0.25, 0.3) is 11.5 Å². The van der Waals surface area contributed by atoms with Crippen LogP contribution in [0.15, 0.2) is 63.6 Å². The van der Waals surface area contributed by atoms with E-state index in [9.17, 15) is 14.4 Å². The van der Waals surface area contributed by atoms with Crippen molar-refractivity contribution in [1.82, 2.24) is 19.3 Å². The van der Waals surface area contributed by atoms with Crippen molar-refractivity contribution in [2.45, 2.75) is 39.7 Å². The fraction of sp³-hybridized carbons (Fsp3) is 0.280. The molecule has 0 atom stereocenters. The number of nitrogens with zero attached hydrogens (tertiary/aromatic N) is 4. The van der Waals surface area contributed by atoms with E-state index in [2.05, 4.69) is 4.98 Å². The molecule has 3 N–H and O–H groups in total. The molecule has 0 spiro atoms. The van der Waals surface area contributed by atoms with Gasteiger partial charge in [0.2, 0.25) is 0 Å². The number of aromatic nitrogens is 4. The van der Waals surface area contributed by atoms with Crippen molar-refractivity contribution in [2.24, 2.45) is 0 Å². The number of unbranched alkanes of at least 4 members (excludes halogenated alkanes) is 1. The molecular formula is C25H28N6O3S. The molecule has 4 rings (SSSR count). The van der Waals surface area contributed by atoms with Crippen LogP contribution in [0, 0.1) is 0 Å². The normalized spacial score (nSPS) is 11.0. The minimum absolute atomic E-state index is 0.0129. The average molecular weight is 493 g/mol. The minimum atomic E-state index is -0.683. The molecule has 4 aromatic rings. The predicted octanol–water partition coefficient (Wildman–Crippen LogP) is 3.89. The van der Waals surface area contributed by atoms with Crippen molar-refractivity contribution >= 4 is 28.7 Å². The lowest BCUT2D eigenvalue weighted by Crippen LogP contribution is -2.41. The summed E-state index contributed by atoms with van der Waals surface area (Å²) in [6, 6.07) is 13.3. The number of aromatic amines is 1. The molecule has 0 saturated heterocycles. The quantitative estimate of drug-likeness (QED) is 0.367. The van der Waals surface area contributed by atoms with Crippen LogP contribution in [0.1, 0.15) is 43.5 Å². The molecule has 0 radical (unpaired) electrons. The topological polar surface area (TPSA) is 119 Å². The van der Waals surface area contributed by atoms with E-state index in [1.165, 1.54) is 20.8 Å². The molecule has 182 valence electrons. The maximum absolute atomic E-state index is 14.1. The second-order valence-corrected chi connectivity index (χ2v) is 9.05. The van der Waals surface area contributed by atoms with Crippen LogP contribution < -0.4 is 21.9 Å². The largest absolute Gasteiger partial charge is 0.383 e. The highest BCUT2D eigenvalue weighted by Crippen LogP contribution is 2.30. The monoisotopic (exact) mass is 492 g/mol. The molecule has 0 aliphatic carbocycles. The van der Waals surface area contributed by atoms with Crippen LogP contribution in [0.25, 0.3) is 16.3 Å². The third-order valence-corrected chi connectivity index (χ3v) is 6.51. The van der Waals surface area contributed by atoms with E-state index < -0.39 is 17.2 Å². The average Bonchev–Trinajstić information content (AvgIpc) is 3.54. The highest BCUT2D eigenvalue weighted by Gasteiger charge is 2.29. The Morgan fingerprint density at radius 1 is 1.11 bits per heavy atom. The number of H-pyrrole nitrogens is 1. The molecule has 0 bridgehead atoms. The van der Waals surface area contributed by atoms with Crippen LogP contribution >= 0.6 is 11.3 Å². The van der Waals surface area contributed by atoms with Gasteiger partial charge in [-0.05, 0) is 36.4 Å². The second-order valence-electron chi connectivity index (χ2n) is 8.10. The highest BCUT2D eigenvalue weighted by molar-refractivity contribution is 7.13. The van der Waals surface area contributed by atoms with Gasteiger partial charge in [-0.25, -0.2) is 9.48 Å². The summed E-state index contributed by atoms with van der Waals surface area (Å²) >= 11 is 1.47. The van der Waals surface area contributed by atoms with Gasteiger partial charge in [0.05, 0.1) is 16.1 Å². The number of carbonyl (C=O) groups is 1. The smallest absolute Gasteiger partial charge is 0.330 e. The van der Waals surface area contributed by atoms with E-state index >= 15 is 0 Å². The zero-order chi connectivity index (χ0) is 24.9. The van der Waals surface area contributed by atoms with Gasteiger partial charge in [0, 0.05) is 19.3 Å². The Morgan fingerprint density at radius 3 is 2.54 bits per heavy atom. The lowest BCUT2D eigenvalue weighted by atomic mass is 10.1. The summed E-state index contributed by atoms with van der Waals surface area (Å²) in [5.74, 6) is -0.416. The van der Waals surface area contributed by atoms with Gasteiger partial charge in [-0.3, -0.25) is 19.1 Å². The van der Waals surface area contributed by atoms with Gasteiger partial charge in [-0.1, -0.05) is 44.5 Å². The zero-order valence-corrected chi connectivity index (χ0v) is 20.5. The predicted molar refractivity (Wildman–Crippen MR) is 139 cm³/mol.